The maximum absolute atomic E-state index is 12.7. The molecule has 0 aliphatic heterocycles. The molecule has 0 aliphatic rings. The molecule has 1 heterocycles. The Morgan fingerprint density at radius 2 is 2.00 bits per heavy atom. The summed E-state index contributed by atoms with van der Waals surface area (Å²) in [5.41, 5.74) is -2.72. The van der Waals surface area contributed by atoms with Gasteiger partial charge in [-0.25, -0.2) is 9.78 Å². The lowest BCUT2D eigenvalue weighted by Gasteiger charge is -2.10. The zero-order chi connectivity index (χ0) is 13.5. The number of fused-ring (bicyclic) bond motifs is 1. The van der Waals surface area contributed by atoms with Crippen molar-refractivity contribution in [2.24, 2.45) is 0 Å². The van der Waals surface area contributed by atoms with Gasteiger partial charge in [-0.1, -0.05) is 18.2 Å². The van der Waals surface area contributed by atoms with Gasteiger partial charge in [0.1, 0.15) is 0 Å². The summed E-state index contributed by atoms with van der Waals surface area (Å²) in [6.45, 7) is 0. The molecular weight excluding hydrogens is 235 g/mol. The molecule has 0 saturated carbocycles. The number of pyridine rings is 1. The van der Waals surface area contributed by atoms with Gasteiger partial charge in [0.05, 0.1) is 12.5 Å². The van der Waals surface area contributed by atoms with Crippen LogP contribution in [-0.4, -0.2) is 16.1 Å². The third-order valence-electron chi connectivity index (χ3n) is 2.12. The van der Waals surface area contributed by atoms with Crippen molar-refractivity contribution in [3.05, 3.63) is 41.6 Å². The Labute approximate surface area is 94.9 Å². The Balaban J connectivity index is 2.93. The second-order valence-electron chi connectivity index (χ2n) is 3.28. The molecule has 2 aromatic rings. The van der Waals surface area contributed by atoms with Crippen LogP contribution in [0.25, 0.3) is 10.9 Å². The summed E-state index contributed by atoms with van der Waals surface area (Å²) in [6, 6.07) is 4.95. The third kappa shape index (κ3) is 2.06. The largest absolute Gasteiger partial charge is 0.478 e. The highest BCUT2D eigenvalue weighted by Gasteiger charge is 2.37. The molecule has 0 bridgehead atoms. The molecule has 17 heavy (non-hydrogen) atoms. The van der Waals surface area contributed by atoms with Crippen LogP contribution in [0.3, 0.4) is 0 Å². The van der Waals surface area contributed by atoms with E-state index in [4.69, 9.17) is 6.48 Å². The van der Waals surface area contributed by atoms with E-state index >= 15 is 0 Å². The van der Waals surface area contributed by atoms with E-state index in [1.807, 2.05) is 0 Å². The van der Waals surface area contributed by atoms with Crippen LogP contribution in [0.5, 0.6) is 0 Å². The first-order valence-corrected chi connectivity index (χ1v) is 4.52. The average Bonchev–Trinajstić information content (AvgIpc) is 2.27. The van der Waals surface area contributed by atoms with E-state index in [-0.39, 0.29) is 10.9 Å². The van der Waals surface area contributed by atoms with E-state index in [0.29, 0.717) is 0 Å². The van der Waals surface area contributed by atoms with E-state index in [2.05, 4.69) is 4.98 Å². The Kier molecular flexibility index (Phi) is 2.21. The van der Waals surface area contributed by atoms with Gasteiger partial charge in [-0.15, -0.1) is 0 Å². The molecule has 0 atom stereocenters. The quantitative estimate of drug-likeness (QED) is 0.836. The fraction of sp³-hybridized carbons (Fsp3) is 0.0909. The number of aromatic nitrogens is 1. The number of carbonyl (C=O) groups is 1. The predicted octanol–water partition coefficient (Wildman–Crippen LogP) is 2.95. The van der Waals surface area contributed by atoms with Gasteiger partial charge in [-0.3, -0.25) is 0 Å². The van der Waals surface area contributed by atoms with Crippen molar-refractivity contribution in [2.45, 2.75) is 6.18 Å². The van der Waals surface area contributed by atoms with Gasteiger partial charge in [0.15, 0.2) is 5.69 Å². The second kappa shape index (κ2) is 3.73. The van der Waals surface area contributed by atoms with Gasteiger partial charge >= 0.3 is 12.1 Å². The third-order valence-corrected chi connectivity index (χ3v) is 2.12. The number of hydrogen-bond donors (Lipinski definition) is 1. The van der Waals surface area contributed by atoms with Gasteiger partial charge in [0.25, 0.3) is 0 Å². The number of aromatic carboxylic acids is 1. The first-order valence-electron chi connectivity index (χ1n) is 5.02. The summed E-state index contributed by atoms with van der Waals surface area (Å²) in [7, 11) is 0. The minimum absolute atomic E-state index is 0.0557. The van der Waals surface area contributed by atoms with Gasteiger partial charge in [0, 0.05) is 5.39 Å². The Hall–Kier alpha value is -2.11. The minimum Gasteiger partial charge on any atom is -0.478 e. The predicted molar refractivity (Wildman–Crippen MR) is 53.7 cm³/mol. The molecule has 0 aliphatic carbocycles. The summed E-state index contributed by atoms with van der Waals surface area (Å²) in [4.78, 5) is 14.2. The van der Waals surface area contributed by atoms with Crippen LogP contribution in [0, 0.1) is 0 Å². The fourth-order valence-electron chi connectivity index (χ4n) is 1.41. The number of rotatable bonds is 1. The van der Waals surface area contributed by atoms with Gasteiger partial charge in [0.2, 0.25) is 0 Å². The highest BCUT2D eigenvalue weighted by atomic mass is 19.4. The number of para-hydroxylation sites is 1. The molecule has 1 aromatic carbocycles. The molecule has 88 valence electrons. The second-order valence-corrected chi connectivity index (χ2v) is 3.28. The molecule has 1 aromatic heterocycles. The van der Waals surface area contributed by atoms with Gasteiger partial charge in [-0.05, 0) is 12.1 Å². The summed E-state index contributed by atoms with van der Waals surface area (Å²) in [5, 5.41) is 8.88. The van der Waals surface area contributed by atoms with Gasteiger partial charge in [-0.2, -0.15) is 13.2 Å². The van der Waals surface area contributed by atoms with Crippen molar-refractivity contribution >= 4 is 16.9 Å². The topological polar surface area (TPSA) is 50.2 Å². The van der Waals surface area contributed by atoms with Crippen molar-refractivity contribution in [3.63, 3.8) is 0 Å². The van der Waals surface area contributed by atoms with Crippen molar-refractivity contribution in [3.8, 4) is 0 Å². The normalized spacial score (nSPS) is 12.5. The fourth-order valence-corrected chi connectivity index (χ4v) is 1.41. The maximum Gasteiger partial charge on any atom is 0.434 e. The molecule has 0 saturated heterocycles. The van der Waals surface area contributed by atoms with Crippen molar-refractivity contribution < 1.29 is 24.4 Å². The lowest BCUT2D eigenvalue weighted by molar-refractivity contribution is -0.141. The average molecular weight is 242 g/mol. The monoisotopic (exact) mass is 242 g/mol. The number of alkyl halides is 3. The number of benzene rings is 1. The molecule has 1 N–H and O–H groups in total. The first-order chi connectivity index (χ1) is 8.32. The Morgan fingerprint density at radius 3 is 2.59 bits per heavy atom. The Morgan fingerprint density at radius 1 is 1.35 bits per heavy atom. The lowest BCUT2D eigenvalue weighted by atomic mass is 10.1. The first kappa shape index (κ1) is 10.1. The maximum atomic E-state index is 12.7. The molecule has 0 unspecified atom stereocenters. The van der Waals surface area contributed by atoms with Crippen molar-refractivity contribution in [2.75, 3.05) is 0 Å². The summed E-state index contributed by atoms with van der Waals surface area (Å²) < 4.78 is 45.7. The summed E-state index contributed by atoms with van der Waals surface area (Å²) in [6.07, 6.45) is -4.91. The molecule has 2 rings (SSSR count). The number of halogens is 3. The lowest BCUT2D eigenvalue weighted by Crippen LogP contribution is -2.15. The molecule has 0 amide bonds. The number of nitrogens with zero attached hydrogens (tertiary/aromatic N) is 1. The van der Waals surface area contributed by atoms with Crippen molar-refractivity contribution in [1.82, 2.24) is 4.98 Å². The molecule has 0 fully saturated rings. The standard InChI is InChI=1S/C11H6F3NO2/c12-11(13,14)9-7(10(16)17)5-6-3-1-2-4-8(6)15-9/h1-5H,(H,16,17)/i5D. The zero-order valence-electron chi connectivity index (χ0n) is 9.25. The zero-order valence-corrected chi connectivity index (χ0v) is 8.25. The van der Waals surface area contributed by atoms with Crippen LogP contribution in [-0.2, 0) is 6.18 Å². The molecule has 0 radical (unpaired) electrons. The highest BCUT2D eigenvalue weighted by Crippen LogP contribution is 2.32. The molecule has 3 nitrogen and oxygen atoms in total. The van der Waals surface area contributed by atoms with E-state index in [1.165, 1.54) is 24.3 Å². The van der Waals surface area contributed by atoms with E-state index in [0.717, 1.165) is 0 Å². The molecule has 0 spiro atoms. The van der Waals surface area contributed by atoms with Crippen LogP contribution in [0.4, 0.5) is 13.2 Å². The van der Waals surface area contributed by atoms with E-state index in [9.17, 15) is 18.0 Å². The van der Waals surface area contributed by atoms with E-state index < -0.39 is 29.4 Å². The van der Waals surface area contributed by atoms with Crippen LogP contribution >= 0.6 is 0 Å². The molecule has 6 heteroatoms. The van der Waals surface area contributed by atoms with Crippen LogP contribution in [0.1, 0.15) is 17.4 Å². The Bertz CT molecular complexity index is 640. The van der Waals surface area contributed by atoms with E-state index in [1.54, 1.807) is 0 Å². The minimum atomic E-state index is -4.91. The van der Waals surface area contributed by atoms with Crippen LogP contribution in [0.15, 0.2) is 30.3 Å². The summed E-state index contributed by atoms with van der Waals surface area (Å²) in [5.74, 6) is -1.81. The molecular formula is C11H6F3NO2. The van der Waals surface area contributed by atoms with Crippen molar-refractivity contribution in [1.29, 1.82) is 0 Å². The number of carboxylic acid groups (broad SMARTS) is 1. The van der Waals surface area contributed by atoms with Gasteiger partial charge < -0.3 is 5.11 Å². The highest BCUT2D eigenvalue weighted by molar-refractivity contribution is 5.94. The smallest absolute Gasteiger partial charge is 0.434 e. The number of hydrogen-bond acceptors (Lipinski definition) is 2. The van der Waals surface area contributed by atoms with Crippen LogP contribution < -0.4 is 0 Å². The van der Waals surface area contributed by atoms with Crippen LogP contribution in [0.2, 0.25) is 0 Å². The number of carboxylic acids is 1. The SMILES string of the molecule is [2H]c1c(C(=O)O)c(C(F)(F)F)nc2ccccc12. The summed E-state index contributed by atoms with van der Waals surface area (Å²) >= 11 is 0.